The Hall–Kier alpha value is -3.12. The van der Waals surface area contributed by atoms with Crippen molar-refractivity contribution >= 4 is 28.4 Å². The number of aromatic amines is 1. The molecule has 3 rings (SSSR count). The second-order valence-corrected chi connectivity index (χ2v) is 6.32. The van der Waals surface area contributed by atoms with E-state index in [1.54, 1.807) is 6.07 Å². The Morgan fingerprint density at radius 2 is 1.93 bits per heavy atom. The average molecular weight is 365 g/mol. The lowest BCUT2D eigenvalue weighted by Crippen LogP contribution is -2.23. The molecule has 0 aliphatic rings. The molecule has 0 aliphatic carbocycles. The Bertz CT molecular complexity index is 933. The van der Waals surface area contributed by atoms with Gasteiger partial charge in [0.1, 0.15) is 6.61 Å². The van der Waals surface area contributed by atoms with Gasteiger partial charge in [0.05, 0.1) is 0 Å². The van der Waals surface area contributed by atoms with Crippen molar-refractivity contribution in [1.82, 2.24) is 10.3 Å². The average Bonchev–Trinajstić information content (AvgIpc) is 3.08. The van der Waals surface area contributed by atoms with Gasteiger partial charge in [-0.05, 0) is 35.7 Å². The van der Waals surface area contributed by atoms with Gasteiger partial charge in [0.15, 0.2) is 0 Å². The number of hydrogen-bond acceptors (Lipinski definition) is 3. The quantitative estimate of drug-likeness (QED) is 0.574. The van der Waals surface area contributed by atoms with Crippen LogP contribution in [0.2, 0.25) is 0 Å². The monoisotopic (exact) mass is 365 g/mol. The molecule has 0 bridgehead atoms. The van der Waals surface area contributed by atoms with Gasteiger partial charge in [-0.1, -0.05) is 30.3 Å². The summed E-state index contributed by atoms with van der Waals surface area (Å²) in [7, 11) is 1.47. The van der Waals surface area contributed by atoms with Crippen molar-refractivity contribution in [2.24, 2.45) is 0 Å². The van der Waals surface area contributed by atoms with E-state index in [9.17, 15) is 9.59 Å². The number of aryl methyl sites for hydroxylation is 1. The molecule has 0 unspecified atom stereocenters. The van der Waals surface area contributed by atoms with E-state index in [2.05, 4.69) is 21.7 Å². The second kappa shape index (κ2) is 9.00. The van der Waals surface area contributed by atoms with Crippen LogP contribution in [0.15, 0.2) is 54.7 Å². The minimum Gasteiger partial charge on any atom is -0.375 e. The Labute approximate surface area is 157 Å². The molecule has 0 aliphatic heterocycles. The summed E-state index contributed by atoms with van der Waals surface area (Å²) < 4.78 is 4.80. The topological polar surface area (TPSA) is 83.2 Å². The standard InChI is InChI=1S/C21H23N3O3/c1-27-14-21(26)24-17-6-4-5-15(11-17)12-23-20(25)10-9-16-13-22-19-8-3-2-7-18(16)19/h2-8,11,13,22H,9-10,12,14H2,1H3,(H,23,25)(H,24,26). The van der Waals surface area contributed by atoms with Crippen LogP contribution in [-0.4, -0.2) is 30.5 Å². The number of H-pyrrole nitrogens is 1. The van der Waals surface area contributed by atoms with E-state index in [-0.39, 0.29) is 18.4 Å². The summed E-state index contributed by atoms with van der Waals surface area (Å²) in [4.78, 5) is 27.0. The number of fused-ring (bicyclic) bond motifs is 1. The molecule has 0 spiro atoms. The van der Waals surface area contributed by atoms with Gasteiger partial charge in [0.25, 0.3) is 0 Å². The lowest BCUT2D eigenvalue weighted by atomic mass is 10.1. The zero-order valence-electron chi connectivity index (χ0n) is 15.2. The molecule has 6 heteroatoms. The zero-order chi connectivity index (χ0) is 19.1. The van der Waals surface area contributed by atoms with Gasteiger partial charge in [-0.2, -0.15) is 0 Å². The molecule has 0 saturated carbocycles. The van der Waals surface area contributed by atoms with E-state index in [1.807, 2.05) is 42.6 Å². The molecular formula is C21H23N3O3. The third-order valence-corrected chi connectivity index (χ3v) is 4.27. The van der Waals surface area contributed by atoms with Crippen LogP contribution in [0.5, 0.6) is 0 Å². The molecule has 0 saturated heterocycles. The summed E-state index contributed by atoms with van der Waals surface area (Å²) in [6, 6.07) is 15.5. The largest absolute Gasteiger partial charge is 0.375 e. The number of aromatic nitrogens is 1. The van der Waals surface area contributed by atoms with Crippen LogP contribution in [0.1, 0.15) is 17.5 Å². The van der Waals surface area contributed by atoms with Gasteiger partial charge in [-0.3, -0.25) is 9.59 Å². The molecule has 27 heavy (non-hydrogen) atoms. The fourth-order valence-corrected chi connectivity index (χ4v) is 2.96. The molecule has 3 aromatic rings. The number of hydrogen-bond donors (Lipinski definition) is 3. The zero-order valence-corrected chi connectivity index (χ0v) is 15.2. The molecule has 0 fully saturated rings. The molecule has 0 atom stereocenters. The smallest absolute Gasteiger partial charge is 0.250 e. The van der Waals surface area contributed by atoms with E-state index in [0.717, 1.165) is 22.0 Å². The second-order valence-electron chi connectivity index (χ2n) is 6.32. The normalized spacial score (nSPS) is 10.7. The highest BCUT2D eigenvalue weighted by molar-refractivity contribution is 5.91. The minimum atomic E-state index is -0.211. The van der Waals surface area contributed by atoms with Crippen molar-refractivity contribution in [2.45, 2.75) is 19.4 Å². The Kier molecular flexibility index (Phi) is 6.22. The maximum Gasteiger partial charge on any atom is 0.250 e. The number of ether oxygens (including phenoxy) is 1. The SMILES string of the molecule is COCC(=O)Nc1cccc(CNC(=O)CCc2c[nH]c3ccccc23)c1. The first kappa shape index (κ1) is 18.7. The predicted molar refractivity (Wildman–Crippen MR) is 105 cm³/mol. The molecule has 2 aromatic carbocycles. The maximum absolute atomic E-state index is 12.2. The van der Waals surface area contributed by atoms with Crippen molar-refractivity contribution in [3.8, 4) is 0 Å². The van der Waals surface area contributed by atoms with Gasteiger partial charge in [-0.15, -0.1) is 0 Å². The maximum atomic E-state index is 12.2. The Morgan fingerprint density at radius 3 is 2.78 bits per heavy atom. The van der Waals surface area contributed by atoms with Crippen molar-refractivity contribution in [2.75, 3.05) is 19.0 Å². The number of methoxy groups -OCH3 is 1. The number of nitrogens with one attached hydrogen (secondary N) is 3. The Balaban J connectivity index is 1.49. The van der Waals surface area contributed by atoms with Crippen LogP contribution in [0.25, 0.3) is 10.9 Å². The fourth-order valence-electron chi connectivity index (χ4n) is 2.96. The number of benzene rings is 2. The van der Waals surface area contributed by atoms with Crippen LogP contribution < -0.4 is 10.6 Å². The predicted octanol–water partition coefficient (Wildman–Crippen LogP) is 3.00. The van der Waals surface area contributed by atoms with Crippen LogP contribution in [0, 0.1) is 0 Å². The molecular weight excluding hydrogens is 342 g/mol. The van der Waals surface area contributed by atoms with E-state index in [0.29, 0.717) is 25.1 Å². The van der Waals surface area contributed by atoms with E-state index in [1.165, 1.54) is 7.11 Å². The number of rotatable bonds is 8. The number of anilines is 1. The molecule has 1 heterocycles. The lowest BCUT2D eigenvalue weighted by Gasteiger charge is -2.08. The summed E-state index contributed by atoms with van der Waals surface area (Å²) in [6.07, 6.45) is 3.07. The fraction of sp³-hybridized carbons (Fsp3) is 0.238. The van der Waals surface area contributed by atoms with Crippen LogP contribution in [0.3, 0.4) is 0 Å². The van der Waals surface area contributed by atoms with Crippen molar-refractivity contribution in [1.29, 1.82) is 0 Å². The van der Waals surface area contributed by atoms with Crippen molar-refractivity contribution < 1.29 is 14.3 Å². The van der Waals surface area contributed by atoms with Crippen molar-refractivity contribution in [3.63, 3.8) is 0 Å². The highest BCUT2D eigenvalue weighted by Crippen LogP contribution is 2.19. The Morgan fingerprint density at radius 1 is 1.07 bits per heavy atom. The summed E-state index contributed by atoms with van der Waals surface area (Å²) >= 11 is 0. The van der Waals surface area contributed by atoms with Gasteiger partial charge >= 0.3 is 0 Å². The van der Waals surface area contributed by atoms with E-state index >= 15 is 0 Å². The molecule has 6 nitrogen and oxygen atoms in total. The number of carbonyl (C=O) groups is 2. The van der Waals surface area contributed by atoms with Crippen LogP contribution in [0.4, 0.5) is 5.69 Å². The van der Waals surface area contributed by atoms with Crippen LogP contribution in [-0.2, 0) is 27.3 Å². The molecule has 140 valence electrons. The number of carbonyl (C=O) groups excluding carboxylic acids is 2. The van der Waals surface area contributed by atoms with Gasteiger partial charge in [0.2, 0.25) is 11.8 Å². The molecule has 3 N–H and O–H groups in total. The van der Waals surface area contributed by atoms with Crippen LogP contribution >= 0.6 is 0 Å². The molecule has 0 radical (unpaired) electrons. The van der Waals surface area contributed by atoms with Gasteiger partial charge < -0.3 is 20.4 Å². The first-order chi connectivity index (χ1) is 13.2. The summed E-state index contributed by atoms with van der Waals surface area (Å²) in [6.45, 7) is 0.426. The molecule has 1 aromatic heterocycles. The first-order valence-corrected chi connectivity index (χ1v) is 8.85. The van der Waals surface area contributed by atoms with Crippen molar-refractivity contribution in [3.05, 3.63) is 65.9 Å². The summed E-state index contributed by atoms with van der Waals surface area (Å²) in [5.74, 6) is -0.216. The minimum absolute atomic E-state index is 0.00546. The highest BCUT2D eigenvalue weighted by Gasteiger charge is 2.07. The summed E-state index contributed by atoms with van der Waals surface area (Å²) in [5, 5.41) is 6.84. The third-order valence-electron chi connectivity index (χ3n) is 4.27. The van der Waals surface area contributed by atoms with E-state index in [4.69, 9.17) is 4.74 Å². The number of amides is 2. The lowest BCUT2D eigenvalue weighted by molar-refractivity contribution is -0.121. The highest BCUT2D eigenvalue weighted by atomic mass is 16.5. The molecule has 2 amide bonds. The first-order valence-electron chi connectivity index (χ1n) is 8.85. The van der Waals surface area contributed by atoms with Gasteiger partial charge in [-0.25, -0.2) is 0 Å². The summed E-state index contributed by atoms with van der Waals surface area (Å²) in [5.41, 5.74) is 3.83. The third kappa shape index (κ3) is 5.18. The van der Waals surface area contributed by atoms with E-state index < -0.39 is 0 Å². The number of para-hydroxylation sites is 1. The van der Waals surface area contributed by atoms with Gasteiger partial charge in [0, 0.05) is 42.9 Å².